The van der Waals surface area contributed by atoms with Crippen molar-refractivity contribution in [3.8, 4) is 0 Å². The topological polar surface area (TPSA) is 44.2 Å². The number of piperidine rings is 1. The molecule has 0 aromatic heterocycles. The fraction of sp³-hybridized carbons (Fsp3) is 1.00. The van der Waals surface area contributed by atoms with Gasteiger partial charge in [0.2, 0.25) is 0 Å². The third-order valence-electron chi connectivity index (χ3n) is 4.42. The van der Waals surface area contributed by atoms with Gasteiger partial charge in [-0.3, -0.25) is 13.9 Å². The molecule has 0 aromatic rings. The molecule has 4 heteroatoms. The van der Waals surface area contributed by atoms with E-state index in [-0.39, 0.29) is 5.54 Å². The highest BCUT2D eigenvalue weighted by atomic mass is 32.2. The molecule has 1 N–H and O–H groups in total. The lowest BCUT2D eigenvalue weighted by Gasteiger charge is -2.37. The van der Waals surface area contributed by atoms with E-state index < -0.39 is 9.73 Å². The van der Waals surface area contributed by atoms with Crippen LogP contribution in [0.4, 0.5) is 0 Å². The lowest BCUT2D eigenvalue weighted by Crippen LogP contribution is -2.45. The molecule has 2 aliphatic rings. The Morgan fingerprint density at radius 3 is 2.41 bits per heavy atom. The van der Waals surface area contributed by atoms with Gasteiger partial charge in [0.1, 0.15) is 0 Å². The molecule has 1 saturated carbocycles. The third-order valence-corrected chi connectivity index (χ3v) is 5.41. The molecule has 0 aromatic carbocycles. The minimum Gasteiger partial charge on any atom is -0.292 e. The van der Waals surface area contributed by atoms with E-state index in [0.29, 0.717) is 23.3 Å². The second-order valence-electron chi connectivity index (χ2n) is 7.17. The Morgan fingerprint density at radius 1 is 1.41 bits per heavy atom. The van der Waals surface area contributed by atoms with Crippen LogP contribution in [0.5, 0.6) is 0 Å². The summed E-state index contributed by atoms with van der Waals surface area (Å²) < 4.78 is 19.1. The molecule has 1 aliphatic heterocycles. The van der Waals surface area contributed by atoms with E-state index in [1.54, 1.807) is 6.26 Å². The van der Waals surface area contributed by atoms with Gasteiger partial charge in [0.05, 0.1) is 0 Å². The Kier molecular flexibility index (Phi) is 2.91. The summed E-state index contributed by atoms with van der Waals surface area (Å²) in [4.78, 5) is 2.63. The molecule has 1 aliphatic carbocycles. The van der Waals surface area contributed by atoms with Crippen molar-refractivity contribution in [2.75, 3.05) is 12.0 Å². The molecular formula is C13H26N2OS. The molecule has 0 amide bonds. The van der Waals surface area contributed by atoms with Gasteiger partial charge >= 0.3 is 0 Å². The molecule has 4 atom stereocenters. The second kappa shape index (κ2) is 3.70. The van der Waals surface area contributed by atoms with Gasteiger partial charge in [0, 0.05) is 39.4 Å². The van der Waals surface area contributed by atoms with E-state index in [1.807, 2.05) is 0 Å². The first-order valence-electron chi connectivity index (χ1n) is 6.55. The number of rotatable bonds is 3. The molecule has 17 heavy (non-hydrogen) atoms. The van der Waals surface area contributed by atoms with Crippen molar-refractivity contribution >= 4 is 9.73 Å². The maximum atomic E-state index is 11.5. The predicted octanol–water partition coefficient (Wildman–Crippen LogP) is 2.70. The van der Waals surface area contributed by atoms with E-state index in [2.05, 4.69) is 32.6 Å². The zero-order valence-corrected chi connectivity index (χ0v) is 12.6. The van der Waals surface area contributed by atoms with Crippen LogP contribution in [-0.2, 0) is 9.73 Å². The van der Waals surface area contributed by atoms with E-state index in [4.69, 9.17) is 4.78 Å². The standard InChI is InChI=1S/C13H26N2OS/c1-10-8-13(6-7-17(5,14)16)9-11(13)15(10)12(2,3)4/h10-11,14H,6-9H2,1-5H3/t10-,11-,13+,17?/m1/s1. The molecule has 2 fully saturated rings. The van der Waals surface area contributed by atoms with Gasteiger partial charge in [-0.25, -0.2) is 0 Å². The summed E-state index contributed by atoms with van der Waals surface area (Å²) in [6, 6.07) is 1.31. The molecule has 0 bridgehead atoms. The molecule has 0 radical (unpaired) electrons. The van der Waals surface area contributed by atoms with E-state index >= 15 is 0 Å². The van der Waals surface area contributed by atoms with Crippen LogP contribution in [0.1, 0.15) is 47.0 Å². The quantitative estimate of drug-likeness (QED) is 0.846. The Balaban J connectivity index is 2.05. The van der Waals surface area contributed by atoms with Gasteiger partial charge in [-0.15, -0.1) is 0 Å². The van der Waals surface area contributed by atoms with E-state index in [0.717, 1.165) is 6.42 Å². The summed E-state index contributed by atoms with van der Waals surface area (Å²) in [5, 5.41) is 0. The highest BCUT2D eigenvalue weighted by Gasteiger charge is 2.64. The minimum atomic E-state index is -2.31. The van der Waals surface area contributed by atoms with E-state index in [9.17, 15) is 4.21 Å². The van der Waals surface area contributed by atoms with Crippen LogP contribution in [0.3, 0.4) is 0 Å². The maximum Gasteiger partial charge on any atom is 0.0412 e. The average molecular weight is 258 g/mol. The fourth-order valence-electron chi connectivity index (χ4n) is 3.83. The van der Waals surface area contributed by atoms with Gasteiger partial charge in [0.25, 0.3) is 0 Å². The van der Waals surface area contributed by atoms with Crippen molar-refractivity contribution in [3.63, 3.8) is 0 Å². The van der Waals surface area contributed by atoms with Crippen LogP contribution < -0.4 is 0 Å². The normalized spacial score (nSPS) is 41.0. The Hall–Kier alpha value is -0.0900. The first kappa shape index (κ1) is 13.3. The molecular weight excluding hydrogens is 232 g/mol. The largest absolute Gasteiger partial charge is 0.292 e. The third kappa shape index (κ3) is 2.53. The van der Waals surface area contributed by atoms with Gasteiger partial charge in [0.15, 0.2) is 0 Å². The van der Waals surface area contributed by atoms with E-state index in [1.165, 1.54) is 12.8 Å². The van der Waals surface area contributed by atoms with Crippen molar-refractivity contribution in [3.05, 3.63) is 0 Å². The number of likely N-dealkylation sites (tertiary alicyclic amines) is 1. The fourth-order valence-corrected chi connectivity index (χ4v) is 4.63. The summed E-state index contributed by atoms with van der Waals surface area (Å²) in [6.45, 7) is 9.16. The minimum absolute atomic E-state index is 0.233. The number of hydrogen-bond acceptors (Lipinski definition) is 3. The monoisotopic (exact) mass is 258 g/mol. The number of fused-ring (bicyclic) bond motifs is 1. The lowest BCUT2D eigenvalue weighted by molar-refractivity contribution is 0.104. The van der Waals surface area contributed by atoms with Crippen LogP contribution in [0, 0.1) is 10.2 Å². The number of nitrogens with zero attached hydrogens (tertiary/aromatic N) is 1. The Labute approximate surface area is 106 Å². The molecule has 1 heterocycles. The first-order chi connectivity index (χ1) is 7.55. The van der Waals surface area contributed by atoms with Crippen LogP contribution in [0.25, 0.3) is 0 Å². The van der Waals surface area contributed by atoms with Gasteiger partial charge in [-0.1, -0.05) is 0 Å². The van der Waals surface area contributed by atoms with Crippen LogP contribution in [-0.4, -0.2) is 38.7 Å². The number of nitrogens with one attached hydrogen (secondary N) is 1. The van der Waals surface area contributed by atoms with Crippen molar-refractivity contribution in [2.24, 2.45) is 5.41 Å². The summed E-state index contributed by atoms with van der Waals surface area (Å²) >= 11 is 0. The molecule has 1 unspecified atom stereocenters. The van der Waals surface area contributed by atoms with Crippen molar-refractivity contribution in [1.29, 1.82) is 4.78 Å². The Bertz CT molecular complexity index is 410. The van der Waals surface area contributed by atoms with Gasteiger partial charge in [-0.2, -0.15) is 0 Å². The summed E-state index contributed by atoms with van der Waals surface area (Å²) in [6.07, 6.45) is 5.03. The number of hydrogen-bond donors (Lipinski definition) is 1. The zero-order valence-electron chi connectivity index (χ0n) is 11.7. The van der Waals surface area contributed by atoms with Crippen LogP contribution in [0.2, 0.25) is 0 Å². The smallest absolute Gasteiger partial charge is 0.0412 e. The predicted molar refractivity (Wildman–Crippen MR) is 72.8 cm³/mol. The average Bonchev–Trinajstić information content (AvgIpc) is 2.66. The zero-order chi connectivity index (χ0) is 13.1. The molecule has 2 rings (SSSR count). The molecule has 100 valence electrons. The molecule has 1 saturated heterocycles. The van der Waals surface area contributed by atoms with Crippen molar-refractivity contribution < 1.29 is 4.21 Å². The second-order valence-corrected chi connectivity index (χ2v) is 9.59. The highest BCUT2D eigenvalue weighted by molar-refractivity contribution is 7.91. The molecule has 3 nitrogen and oxygen atoms in total. The first-order valence-corrected chi connectivity index (χ1v) is 8.69. The van der Waals surface area contributed by atoms with Gasteiger partial charge < -0.3 is 0 Å². The summed E-state index contributed by atoms with van der Waals surface area (Å²) in [7, 11) is -2.31. The van der Waals surface area contributed by atoms with Crippen molar-refractivity contribution in [1.82, 2.24) is 4.90 Å². The van der Waals surface area contributed by atoms with Crippen LogP contribution >= 0.6 is 0 Å². The van der Waals surface area contributed by atoms with Crippen molar-refractivity contribution in [2.45, 2.75) is 64.6 Å². The van der Waals surface area contributed by atoms with Gasteiger partial charge in [-0.05, 0) is 52.4 Å². The lowest BCUT2D eigenvalue weighted by atomic mass is 9.97. The highest BCUT2D eigenvalue weighted by Crippen LogP contribution is 2.63. The SMILES string of the molecule is C[C@@H]1C[C@@]2(CCS(C)(=N)=O)C[C@H]2N1C(C)(C)C. The molecule has 0 spiro atoms. The summed E-state index contributed by atoms with van der Waals surface area (Å²) in [5.41, 5.74) is 0.628. The summed E-state index contributed by atoms with van der Waals surface area (Å²) in [5.74, 6) is 0.578. The maximum absolute atomic E-state index is 11.5. The Morgan fingerprint density at radius 2 is 2.00 bits per heavy atom. The van der Waals surface area contributed by atoms with Crippen LogP contribution in [0.15, 0.2) is 0 Å².